The van der Waals surface area contributed by atoms with Crippen molar-refractivity contribution in [2.75, 3.05) is 0 Å². The van der Waals surface area contributed by atoms with Gasteiger partial charge in [0, 0.05) is 10.8 Å². The Morgan fingerprint density at radius 3 is 2.93 bits per heavy atom. The third-order valence-corrected chi connectivity index (χ3v) is 4.41. The zero-order chi connectivity index (χ0) is 10.7. The second-order valence-corrected chi connectivity index (χ2v) is 5.71. The van der Waals surface area contributed by atoms with Gasteiger partial charge in [0.15, 0.2) is 0 Å². The van der Waals surface area contributed by atoms with E-state index in [0.717, 1.165) is 5.92 Å². The number of fused-ring (bicyclic) bond motifs is 1. The van der Waals surface area contributed by atoms with E-state index in [1.807, 2.05) is 11.3 Å². The van der Waals surface area contributed by atoms with Crippen LogP contribution in [0.5, 0.6) is 0 Å². The molecule has 0 saturated carbocycles. The number of nitrogens with zero attached hydrogens (tertiary/aromatic N) is 1. The lowest BCUT2D eigenvalue weighted by Crippen LogP contribution is -2.08. The molecule has 0 aliphatic heterocycles. The molecule has 2 rings (SSSR count). The fourth-order valence-corrected chi connectivity index (χ4v) is 3.81. The van der Waals surface area contributed by atoms with Crippen LogP contribution in [0.15, 0.2) is 0 Å². The molecule has 0 radical (unpaired) electrons. The summed E-state index contributed by atoms with van der Waals surface area (Å²) in [5.41, 5.74) is 1.47. The van der Waals surface area contributed by atoms with Gasteiger partial charge in [-0.3, -0.25) is 0 Å². The Morgan fingerprint density at radius 1 is 1.33 bits per heavy atom. The van der Waals surface area contributed by atoms with E-state index in [1.165, 1.54) is 55.6 Å². The molecule has 15 heavy (non-hydrogen) atoms. The quantitative estimate of drug-likeness (QED) is 0.741. The highest BCUT2D eigenvalue weighted by Crippen LogP contribution is 2.37. The van der Waals surface area contributed by atoms with Gasteiger partial charge in [0.2, 0.25) is 0 Å². The predicted molar refractivity (Wildman–Crippen MR) is 66.7 cm³/mol. The molecule has 1 atom stereocenters. The zero-order valence-corrected chi connectivity index (χ0v) is 10.7. The van der Waals surface area contributed by atoms with Crippen LogP contribution in [-0.2, 0) is 12.8 Å². The Morgan fingerprint density at radius 2 is 2.20 bits per heavy atom. The summed E-state index contributed by atoms with van der Waals surface area (Å²) < 4.78 is 0. The van der Waals surface area contributed by atoms with Crippen LogP contribution < -0.4 is 0 Å². The van der Waals surface area contributed by atoms with Crippen molar-refractivity contribution in [1.29, 1.82) is 0 Å². The second-order valence-electron chi connectivity index (χ2n) is 4.54. The molecule has 1 aliphatic carbocycles. The molecule has 0 aromatic carbocycles. The van der Waals surface area contributed by atoms with Gasteiger partial charge in [-0.2, -0.15) is 0 Å². The summed E-state index contributed by atoms with van der Waals surface area (Å²) in [7, 11) is 0. The number of thiazole rings is 1. The summed E-state index contributed by atoms with van der Waals surface area (Å²) in [6.45, 7) is 4.53. The number of hydrogen-bond donors (Lipinski definition) is 0. The summed E-state index contributed by atoms with van der Waals surface area (Å²) in [6, 6.07) is 0. The lowest BCUT2D eigenvalue weighted by molar-refractivity contribution is 0.507. The molecular weight excluding hydrogens is 202 g/mol. The fourth-order valence-electron chi connectivity index (χ4n) is 2.51. The Balaban J connectivity index is 2.18. The van der Waals surface area contributed by atoms with Crippen LogP contribution in [0.4, 0.5) is 0 Å². The monoisotopic (exact) mass is 223 g/mol. The van der Waals surface area contributed by atoms with Gasteiger partial charge < -0.3 is 0 Å². The van der Waals surface area contributed by atoms with Crippen LogP contribution in [0.2, 0.25) is 0 Å². The molecule has 0 N–H and O–H groups in total. The van der Waals surface area contributed by atoms with Crippen molar-refractivity contribution >= 4 is 11.3 Å². The number of aryl methyl sites for hydroxylation is 2. The summed E-state index contributed by atoms with van der Waals surface area (Å²) >= 11 is 1.98. The molecular formula is C13H21NS. The number of aromatic nitrogens is 1. The van der Waals surface area contributed by atoms with Gasteiger partial charge in [0.25, 0.3) is 0 Å². The fraction of sp³-hybridized carbons (Fsp3) is 0.769. The van der Waals surface area contributed by atoms with Crippen molar-refractivity contribution in [2.45, 2.75) is 64.7 Å². The molecule has 0 amide bonds. The molecule has 1 heterocycles. The minimum atomic E-state index is 0.778. The maximum absolute atomic E-state index is 4.86. The van der Waals surface area contributed by atoms with Crippen LogP contribution >= 0.6 is 11.3 Å². The van der Waals surface area contributed by atoms with E-state index in [2.05, 4.69) is 13.8 Å². The van der Waals surface area contributed by atoms with E-state index in [1.54, 1.807) is 4.88 Å². The van der Waals surface area contributed by atoms with Crippen LogP contribution in [0.25, 0.3) is 0 Å². The molecule has 0 bridgehead atoms. The van der Waals surface area contributed by atoms with E-state index in [-0.39, 0.29) is 0 Å². The Labute approximate surface area is 96.9 Å². The molecule has 0 fully saturated rings. The van der Waals surface area contributed by atoms with Gasteiger partial charge in [-0.15, -0.1) is 11.3 Å². The minimum Gasteiger partial charge on any atom is -0.246 e. The first kappa shape index (κ1) is 11.1. The minimum absolute atomic E-state index is 0.778. The third kappa shape index (κ3) is 2.41. The molecule has 1 nitrogen and oxygen atoms in total. The van der Waals surface area contributed by atoms with Crippen molar-refractivity contribution < 1.29 is 0 Å². The van der Waals surface area contributed by atoms with Gasteiger partial charge in [-0.1, -0.05) is 20.3 Å². The van der Waals surface area contributed by atoms with E-state index in [9.17, 15) is 0 Å². The highest BCUT2D eigenvalue weighted by molar-refractivity contribution is 7.11. The first-order chi connectivity index (χ1) is 7.35. The van der Waals surface area contributed by atoms with Crippen LogP contribution in [0.1, 0.15) is 67.4 Å². The third-order valence-electron chi connectivity index (χ3n) is 3.22. The maximum Gasteiger partial charge on any atom is 0.0931 e. The zero-order valence-electron chi connectivity index (χ0n) is 9.88. The number of rotatable bonds is 4. The lowest BCUT2D eigenvalue weighted by atomic mass is 9.88. The van der Waals surface area contributed by atoms with Gasteiger partial charge in [0.1, 0.15) is 0 Å². The van der Waals surface area contributed by atoms with Crippen molar-refractivity contribution in [2.24, 2.45) is 0 Å². The van der Waals surface area contributed by atoms with E-state index < -0.39 is 0 Å². The average Bonchev–Trinajstić information content (AvgIpc) is 2.62. The summed E-state index contributed by atoms with van der Waals surface area (Å²) in [6.07, 6.45) is 9.08. The van der Waals surface area contributed by atoms with Crippen molar-refractivity contribution in [3.8, 4) is 0 Å². The van der Waals surface area contributed by atoms with Crippen LogP contribution in [0.3, 0.4) is 0 Å². The molecule has 0 spiro atoms. The largest absolute Gasteiger partial charge is 0.246 e. The topological polar surface area (TPSA) is 12.9 Å². The van der Waals surface area contributed by atoms with E-state index in [4.69, 9.17) is 4.98 Å². The Hall–Kier alpha value is -0.370. The number of hydrogen-bond acceptors (Lipinski definition) is 2. The highest BCUT2D eigenvalue weighted by Gasteiger charge is 2.23. The molecule has 1 aromatic rings. The standard InChI is InChI=1S/C13H21NS/c1-3-6-10-8-5-9-11-13(10)14-12(15-11)7-4-2/h10H,3-9H2,1-2H3. The van der Waals surface area contributed by atoms with E-state index in [0.29, 0.717) is 0 Å². The average molecular weight is 223 g/mol. The first-order valence-corrected chi connectivity index (χ1v) is 7.15. The molecule has 1 aliphatic rings. The van der Waals surface area contributed by atoms with Crippen LogP contribution in [-0.4, -0.2) is 4.98 Å². The highest BCUT2D eigenvalue weighted by atomic mass is 32.1. The molecule has 1 aromatic heterocycles. The predicted octanol–water partition coefficient (Wildman–Crippen LogP) is 4.32. The summed E-state index contributed by atoms with van der Waals surface area (Å²) in [4.78, 5) is 6.46. The molecule has 0 saturated heterocycles. The summed E-state index contributed by atoms with van der Waals surface area (Å²) in [5.74, 6) is 0.778. The second kappa shape index (κ2) is 5.11. The van der Waals surface area contributed by atoms with Crippen molar-refractivity contribution in [3.63, 3.8) is 0 Å². The molecule has 1 unspecified atom stereocenters. The first-order valence-electron chi connectivity index (χ1n) is 6.33. The molecule has 84 valence electrons. The SMILES string of the molecule is CCCc1nc2c(s1)CCCC2CCC. The van der Waals surface area contributed by atoms with Gasteiger partial charge in [0.05, 0.1) is 10.7 Å². The van der Waals surface area contributed by atoms with Crippen molar-refractivity contribution in [1.82, 2.24) is 4.98 Å². The van der Waals surface area contributed by atoms with Crippen LogP contribution in [0, 0.1) is 0 Å². The Kier molecular flexibility index (Phi) is 3.79. The molecule has 2 heteroatoms. The lowest BCUT2D eigenvalue weighted by Gasteiger charge is -2.20. The normalized spacial score (nSPS) is 20.3. The van der Waals surface area contributed by atoms with Gasteiger partial charge in [-0.25, -0.2) is 4.98 Å². The van der Waals surface area contributed by atoms with Crippen molar-refractivity contribution in [3.05, 3.63) is 15.6 Å². The van der Waals surface area contributed by atoms with E-state index >= 15 is 0 Å². The smallest absolute Gasteiger partial charge is 0.0931 e. The maximum atomic E-state index is 4.86. The Bertz CT molecular complexity index is 316. The summed E-state index contributed by atoms with van der Waals surface area (Å²) in [5, 5.41) is 1.38. The van der Waals surface area contributed by atoms with Gasteiger partial charge in [-0.05, 0) is 38.5 Å². The van der Waals surface area contributed by atoms with Gasteiger partial charge >= 0.3 is 0 Å².